The highest BCUT2D eigenvalue weighted by atomic mass is 19.4. The number of nitrogens with zero attached hydrogens (tertiary/aromatic N) is 3. The first-order valence-electron chi connectivity index (χ1n) is 19.1. The second-order valence-electron chi connectivity index (χ2n) is 15.0. The monoisotopic (exact) mass is 757 g/mol. The van der Waals surface area contributed by atoms with Crippen LogP contribution in [-0.2, 0) is 6.18 Å². The van der Waals surface area contributed by atoms with E-state index in [0.717, 1.165) is 77.0 Å². The van der Waals surface area contributed by atoms with Crippen LogP contribution in [0.3, 0.4) is 0 Å². The van der Waals surface area contributed by atoms with E-state index in [9.17, 15) is 5.26 Å². The molecule has 0 fully saturated rings. The fourth-order valence-electron chi connectivity index (χ4n) is 8.48. The molecule has 0 aliphatic carbocycles. The van der Waals surface area contributed by atoms with Gasteiger partial charge in [-0.05, 0) is 95.8 Å². The van der Waals surface area contributed by atoms with Crippen molar-refractivity contribution >= 4 is 43.6 Å². The molecule has 8 aromatic carbocycles. The number of halogens is 3. The maximum Gasteiger partial charge on any atom is 0.417 e. The molecule has 278 valence electrons. The van der Waals surface area contributed by atoms with Crippen molar-refractivity contribution in [1.29, 1.82) is 5.26 Å². The van der Waals surface area contributed by atoms with E-state index in [0.29, 0.717) is 16.9 Å². The lowest BCUT2D eigenvalue weighted by molar-refractivity contribution is -0.137. The van der Waals surface area contributed by atoms with Crippen molar-refractivity contribution in [3.63, 3.8) is 0 Å². The summed E-state index contributed by atoms with van der Waals surface area (Å²) in [6.45, 7) is 4.10. The van der Waals surface area contributed by atoms with Crippen LogP contribution in [0.4, 0.5) is 13.2 Å². The van der Waals surface area contributed by atoms with Gasteiger partial charge in [0.05, 0.1) is 50.6 Å². The maximum absolute atomic E-state index is 15.7. The fourth-order valence-corrected chi connectivity index (χ4v) is 8.48. The molecule has 6 heteroatoms. The summed E-state index contributed by atoms with van der Waals surface area (Å²) in [7, 11) is 0. The normalized spacial score (nSPS) is 11.9. The SMILES string of the molecule is Cc1ccc(-c2ccc3c4ccccc4n(-c4cc(-c5cccc(C#N)c5)c(C(F)(F)F)cc4-n4c5ccccc5c5ccc(-c6ccc(C)cc6)cc54)c3c2)cc1. The average Bonchev–Trinajstić information content (AvgIpc) is 3.75. The minimum atomic E-state index is -4.73. The number of para-hydroxylation sites is 2. The Morgan fingerprint density at radius 2 is 0.897 bits per heavy atom. The van der Waals surface area contributed by atoms with Gasteiger partial charge < -0.3 is 9.13 Å². The number of alkyl halides is 3. The molecule has 10 rings (SSSR count). The summed E-state index contributed by atoms with van der Waals surface area (Å²) >= 11 is 0. The predicted octanol–water partition coefficient (Wildman–Crippen LogP) is 14.4. The summed E-state index contributed by atoms with van der Waals surface area (Å²) in [6, 6.07) is 56.7. The quantitative estimate of drug-likeness (QED) is 0.172. The molecule has 0 radical (unpaired) electrons. The molecule has 0 amide bonds. The van der Waals surface area contributed by atoms with E-state index in [1.54, 1.807) is 24.3 Å². The van der Waals surface area contributed by atoms with Crippen molar-refractivity contribution in [2.24, 2.45) is 0 Å². The van der Waals surface area contributed by atoms with Gasteiger partial charge in [-0.3, -0.25) is 0 Å². The standard InChI is InChI=1S/C52H34F3N3/c1-32-14-18-35(19-15-32)37-22-24-42-40-10-3-5-12-46(40)57(48(42)27-37)50-29-44(39-9-7-8-34(26-39)31-56)45(52(53,54)55)30-51(50)58-47-13-6-4-11-41(47)43-25-23-38(28-49(43)58)36-20-16-33(2)17-21-36/h3-30H,1-2H3. The molecular formula is C52H34F3N3. The van der Waals surface area contributed by atoms with Crippen molar-refractivity contribution in [3.8, 4) is 50.8 Å². The zero-order valence-corrected chi connectivity index (χ0v) is 31.6. The Morgan fingerprint density at radius 1 is 0.431 bits per heavy atom. The molecule has 0 spiro atoms. The van der Waals surface area contributed by atoms with Crippen LogP contribution in [0.2, 0.25) is 0 Å². The van der Waals surface area contributed by atoms with Crippen LogP contribution < -0.4 is 0 Å². The van der Waals surface area contributed by atoms with Crippen LogP contribution in [0.15, 0.2) is 170 Å². The van der Waals surface area contributed by atoms with E-state index in [1.807, 2.05) is 54.0 Å². The van der Waals surface area contributed by atoms with E-state index in [1.165, 1.54) is 12.1 Å². The zero-order valence-electron chi connectivity index (χ0n) is 31.6. The molecule has 0 N–H and O–H groups in total. The van der Waals surface area contributed by atoms with Crippen LogP contribution in [0, 0.1) is 25.2 Å². The van der Waals surface area contributed by atoms with Crippen LogP contribution in [0.5, 0.6) is 0 Å². The molecule has 58 heavy (non-hydrogen) atoms. The maximum atomic E-state index is 15.7. The van der Waals surface area contributed by atoms with E-state index in [4.69, 9.17) is 0 Å². The lowest BCUT2D eigenvalue weighted by Crippen LogP contribution is -2.12. The van der Waals surface area contributed by atoms with Crippen LogP contribution in [0.25, 0.3) is 88.4 Å². The highest BCUT2D eigenvalue weighted by molar-refractivity contribution is 6.12. The zero-order chi connectivity index (χ0) is 39.7. The summed E-state index contributed by atoms with van der Waals surface area (Å²) in [5.74, 6) is 0. The topological polar surface area (TPSA) is 33.6 Å². The Morgan fingerprint density at radius 3 is 1.40 bits per heavy atom. The molecule has 0 bridgehead atoms. The second-order valence-corrected chi connectivity index (χ2v) is 15.0. The van der Waals surface area contributed by atoms with Crippen molar-refractivity contribution in [2.45, 2.75) is 20.0 Å². The van der Waals surface area contributed by atoms with Gasteiger partial charge in [0.1, 0.15) is 0 Å². The highest BCUT2D eigenvalue weighted by Gasteiger charge is 2.36. The summed E-state index contributed by atoms with van der Waals surface area (Å²) in [6.07, 6.45) is -4.73. The molecule has 0 aliphatic heterocycles. The van der Waals surface area contributed by atoms with Crippen molar-refractivity contribution < 1.29 is 13.2 Å². The first-order chi connectivity index (χ1) is 28.2. The third-order valence-electron chi connectivity index (χ3n) is 11.3. The number of aryl methyl sites for hydroxylation is 2. The number of hydrogen-bond acceptors (Lipinski definition) is 1. The molecule has 0 atom stereocenters. The van der Waals surface area contributed by atoms with Crippen LogP contribution in [-0.4, -0.2) is 9.13 Å². The van der Waals surface area contributed by atoms with Crippen molar-refractivity contribution in [2.75, 3.05) is 0 Å². The Bertz CT molecular complexity index is 3290. The third-order valence-corrected chi connectivity index (χ3v) is 11.3. The van der Waals surface area contributed by atoms with Crippen molar-refractivity contribution in [1.82, 2.24) is 9.13 Å². The minimum absolute atomic E-state index is 0.00918. The van der Waals surface area contributed by atoms with Gasteiger partial charge in [0, 0.05) is 21.5 Å². The summed E-state index contributed by atoms with van der Waals surface area (Å²) in [5, 5.41) is 13.7. The Kier molecular flexibility index (Phi) is 8.10. The summed E-state index contributed by atoms with van der Waals surface area (Å²) < 4.78 is 51.1. The van der Waals surface area contributed by atoms with Crippen molar-refractivity contribution in [3.05, 3.63) is 192 Å². The van der Waals surface area contributed by atoms with Gasteiger partial charge in [-0.15, -0.1) is 0 Å². The van der Waals surface area contributed by atoms with Gasteiger partial charge in [0.15, 0.2) is 0 Å². The number of fused-ring (bicyclic) bond motifs is 6. The van der Waals surface area contributed by atoms with E-state index in [2.05, 4.69) is 109 Å². The van der Waals surface area contributed by atoms with Gasteiger partial charge in [-0.2, -0.15) is 18.4 Å². The molecule has 0 saturated heterocycles. The number of aromatic nitrogens is 2. The number of benzene rings is 8. The number of nitriles is 1. The summed E-state index contributed by atoms with van der Waals surface area (Å²) in [5.41, 5.74) is 10.3. The highest BCUT2D eigenvalue weighted by Crippen LogP contribution is 2.46. The first-order valence-corrected chi connectivity index (χ1v) is 19.1. The Hall–Kier alpha value is -7.36. The first kappa shape index (κ1) is 35.1. The lowest BCUT2D eigenvalue weighted by atomic mass is 9.95. The van der Waals surface area contributed by atoms with Gasteiger partial charge in [-0.25, -0.2) is 0 Å². The molecule has 2 aromatic heterocycles. The molecule has 0 unspecified atom stereocenters. The summed E-state index contributed by atoms with van der Waals surface area (Å²) in [4.78, 5) is 0. The van der Waals surface area contributed by atoms with E-state index < -0.39 is 11.7 Å². The van der Waals surface area contributed by atoms with Gasteiger partial charge >= 0.3 is 6.18 Å². The Labute approximate surface area is 333 Å². The number of hydrogen-bond donors (Lipinski definition) is 0. The van der Waals surface area contributed by atoms with Gasteiger partial charge in [0.25, 0.3) is 0 Å². The molecule has 3 nitrogen and oxygen atoms in total. The minimum Gasteiger partial charge on any atom is -0.307 e. The molecule has 10 aromatic rings. The lowest BCUT2D eigenvalue weighted by Gasteiger charge is -2.22. The average molecular weight is 758 g/mol. The van der Waals surface area contributed by atoms with Gasteiger partial charge in [-0.1, -0.05) is 132 Å². The third kappa shape index (κ3) is 5.74. The second kappa shape index (κ2) is 13.4. The molecule has 0 aliphatic rings. The molecular weight excluding hydrogens is 724 g/mol. The van der Waals surface area contributed by atoms with Gasteiger partial charge in [0.2, 0.25) is 0 Å². The van der Waals surface area contributed by atoms with Crippen LogP contribution in [0.1, 0.15) is 22.3 Å². The smallest absolute Gasteiger partial charge is 0.307 e. The molecule has 0 saturated carbocycles. The predicted molar refractivity (Wildman–Crippen MR) is 231 cm³/mol. The molecule has 2 heterocycles. The van der Waals surface area contributed by atoms with E-state index in [-0.39, 0.29) is 11.1 Å². The van der Waals surface area contributed by atoms with E-state index >= 15 is 13.2 Å². The fraction of sp³-hybridized carbons (Fsp3) is 0.0577. The van der Waals surface area contributed by atoms with Crippen LogP contribution >= 0.6 is 0 Å². The number of rotatable bonds is 5. The largest absolute Gasteiger partial charge is 0.417 e. The Balaban J connectivity index is 1.38.